The zero-order valence-corrected chi connectivity index (χ0v) is 43.5. The number of likely N-dealkylation sites (N-methyl/N-ethyl adjacent to an activating group) is 2. The Morgan fingerprint density at radius 2 is 1.43 bits per heavy atom. The second-order valence-corrected chi connectivity index (χ2v) is 20.3. The van der Waals surface area contributed by atoms with Crippen molar-refractivity contribution >= 4 is 41.3 Å². The highest BCUT2D eigenvalue weighted by molar-refractivity contribution is 5.91. The summed E-state index contributed by atoms with van der Waals surface area (Å²) >= 11 is 0. The van der Waals surface area contributed by atoms with Crippen LogP contribution in [0.4, 0.5) is 10.5 Å². The number of rotatable bonds is 24. The smallest absolute Gasteiger partial charge is 0.412 e. The van der Waals surface area contributed by atoms with Crippen LogP contribution >= 0.6 is 0 Å². The Bertz CT molecular complexity index is 1930. The van der Waals surface area contributed by atoms with E-state index in [1.54, 1.807) is 75.9 Å². The highest BCUT2D eigenvalue weighted by Crippen LogP contribution is 2.30. The third kappa shape index (κ3) is 16.6. The average molecular weight is 950 g/mol. The average Bonchev–Trinajstić information content (AvgIpc) is 3.76. The maximum absolute atomic E-state index is 14.5. The van der Waals surface area contributed by atoms with E-state index in [2.05, 4.69) is 21.3 Å². The topological polar surface area (TPSA) is 188 Å². The molecule has 6 amide bonds. The van der Waals surface area contributed by atoms with Crippen molar-refractivity contribution in [2.24, 2.45) is 23.7 Å². The third-order valence-electron chi connectivity index (χ3n) is 12.9. The van der Waals surface area contributed by atoms with Gasteiger partial charge in [0.25, 0.3) is 0 Å². The largest absolute Gasteiger partial charge is 0.444 e. The Morgan fingerprint density at radius 1 is 0.794 bits per heavy atom. The maximum Gasteiger partial charge on any atom is 0.412 e. The molecule has 1 saturated heterocycles. The standard InChI is InChI=1S/C52H83N7O9/c1-16-34(6)45(58(13)50(64)43(32(2)3)56-49(63)44(33(4)5)57(11)12)41(66-14)30-42(60)59-28-20-23-40(59)46(67-15)35(7)47(61)55-39(29-36-21-18-17-19-22-36)48(62)53-31-37-24-26-38(27-25-37)54-51(65)68-52(8,9)10/h17-19,21-22,24-27,32-35,39-41,43-46H,16,20,23,28-31H2,1-15H3,(H,53,62)(H,54,65)(H,55,61)(H,56,63)/t34-,35+,39+,40-,41+,43-,44-,45-,46+/m0/s1. The SMILES string of the molecule is CC[C@H](C)[C@@H]([C@@H](CC(=O)N1CCC[C@H]1[C@H](OC)[C@@H](C)C(=O)N[C@H](Cc1ccccc1)C(=O)NCc1ccc(NC(=O)OC(C)(C)C)cc1)OC)N(C)C(=O)[C@@H](NC(=O)[C@H](C(C)C)N(C)C)C(C)C. The van der Waals surface area contributed by atoms with E-state index in [1.165, 1.54) is 7.11 Å². The number of carbonyl (C=O) groups is 6. The summed E-state index contributed by atoms with van der Waals surface area (Å²) in [7, 11) is 8.50. The second kappa shape index (κ2) is 26.6. The molecule has 16 nitrogen and oxygen atoms in total. The molecule has 0 spiro atoms. The van der Waals surface area contributed by atoms with Gasteiger partial charge in [-0.3, -0.25) is 34.2 Å². The summed E-state index contributed by atoms with van der Waals surface area (Å²) in [5.74, 6) is -2.42. The number of anilines is 1. The number of methoxy groups -OCH3 is 2. The highest BCUT2D eigenvalue weighted by atomic mass is 16.6. The fourth-order valence-electron chi connectivity index (χ4n) is 9.21. The molecule has 2 aromatic carbocycles. The zero-order valence-electron chi connectivity index (χ0n) is 43.5. The Balaban J connectivity index is 1.77. The molecule has 4 N–H and O–H groups in total. The van der Waals surface area contributed by atoms with Crippen LogP contribution in [-0.2, 0) is 51.1 Å². The van der Waals surface area contributed by atoms with E-state index < -0.39 is 65.9 Å². The molecule has 0 saturated carbocycles. The molecular weight excluding hydrogens is 867 g/mol. The molecule has 3 rings (SSSR count). The van der Waals surface area contributed by atoms with Crippen molar-refractivity contribution in [2.45, 2.75) is 156 Å². The molecule has 1 aliphatic heterocycles. The summed E-state index contributed by atoms with van der Waals surface area (Å²) in [6.07, 6.45) is 0.290. The molecule has 0 aromatic heterocycles. The van der Waals surface area contributed by atoms with Crippen LogP contribution < -0.4 is 21.3 Å². The summed E-state index contributed by atoms with van der Waals surface area (Å²) in [6, 6.07) is 13.4. The van der Waals surface area contributed by atoms with E-state index in [1.807, 2.05) is 90.9 Å². The molecule has 0 radical (unpaired) electrons. The molecule has 1 heterocycles. The number of ether oxygens (including phenoxy) is 3. The van der Waals surface area contributed by atoms with Gasteiger partial charge in [-0.15, -0.1) is 0 Å². The van der Waals surface area contributed by atoms with Gasteiger partial charge in [0.05, 0.1) is 42.7 Å². The first-order chi connectivity index (χ1) is 31.9. The van der Waals surface area contributed by atoms with E-state index in [0.717, 1.165) is 11.1 Å². The Morgan fingerprint density at radius 3 is 1.96 bits per heavy atom. The van der Waals surface area contributed by atoms with Crippen LogP contribution in [0.5, 0.6) is 0 Å². The number of hydrogen-bond acceptors (Lipinski definition) is 10. The predicted octanol–water partition coefficient (Wildman–Crippen LogP) is 6.02. The zero-order chi connectivity index (χ0) is 51.0. The van der Waals surface area contributed by atoms with Gasteiger partial charge in [-0.2, -0.15) is 0 Å². The Kier molecular flexibility index (Phi) is 22.4. The lowest BCUT2D eigenvalue weighted by molar-refractivity contribution is -0.148. The van der Waals surface area contributed by atoms with Gasteiger partial charge in [-0.25, -0.2) is 4.79 Å². The highest BCUT2D eigenvalue weighted by Gasteiger charge is 2.43. The Hall–Kier alpha value is -5.06. The molecule has 380 valence electrons. The number of nitrogens with zero attached hydrogens (tertiary/aromatic N) is 3. The molecular formula is C52H83N7O9. The normalized spacial score (nSPS) is 17.6. The second-order valence-electron chi connectivity index (χ2n) is 20.3. The molecule has 1 fully saturated rings. The first kappa shape index (κ1) is 57.3. The van der Waals surface area contributed by atoms with Crippen molar-refractivity contribution in [2.75, 3.05) is 47.2 Å². The summed E-state index contributed by atoms with van der Waals surface area (Å²) in [5.41, 5.74) is 1.54. The first-order valence-electron chi connectivity index (χ1n) is 24.2. The lowest BCUT2D eigenvalue weighted by Crippen LogP contribution is -2.59. The summed E-state index contributed by atoms with van der Waals surface area (Å²) < 4.78 is 17.4. The van der Waals surface area contributed by atoms with E-state index >= 15 is 0 Å². The van der Waals surface area contributed by atoms with Crippen LogP contribution in [0, 0.1) is 23.7 Å². The summed E-state index contributed by atoms with van der Waals surface area (Å²) in [5, 5.41) is 11.7. The van der Waals surface area contributed by atoms with Crippen molar-refractivity contribution in [3.63, 3.8) is 0 Å². The van der Waals surface area contributed by atoms with Gasteiger partial charge in [-0.1, -0.05) is 97.4 Å². The van der Waals surface area contributed by atoms with Gasteiger partial charge in [0.2, 0.25) is 29.5 Å². The number of amides is 6. The molecule has 2 aromatic rings. The Labute approximate surface area is 406 Å². The lowest BCUT2D eigenvalue weighted by Gasteiger charge is -2.41. The van der Waals surface area contributed by atoms with Crippen molar-refractivity contribution in [1.82, 2.24) is 30.7 Å². The van der Waals surface area contributed by atoms with Gasteiger partial charge in [0.15, 0.2) is 0 Å². The monoisotopic (exact) mass is 950 g/mol. The quantitative estimate of drug-likeness (QED) is 0.0969. The number of nitrogens with one attached hydrogen (secondary N) is 4. The van der Waals surface area contributed by atoms with E-state index in [9.17, 15) is 28.8 Å². The first-order valence-corrected chi connectivity index (χ1v) is 24.2. The molecule has 9 atom stereocenters. The van der Waals surface area contributed by atoms with Crippen molar-refractivity contribution in [3.05, 3.63) is 65.7 Å². The fourth-order valence-corrected chi connectivity index (χ4v) is 9.21. The van der Waals surface area contributed by atoms with Gasteiger partial charge < -0.3 is 40.0 Å². The molecule has 0 aliphatic carbocycles. The van der Waals surface area contributed by atoms with Gasteiger partial charge in [0.1, 0.15) is 17.7 Å². The van der Waals surface area contributed by atoms with Gasteiger partial charge in [0, 0.05) is 46.5 Å². The minimum atomic E-state index is -0.924. The minimum Gasteiger partial charge on any atom is -0.444 e. The number of benzene rings is 2. The molecule has 16 heteroatoms. The van der Waals surface area contributed by atoms with E-state index in [0.29, 0.717) is 31.5 Å². The van der Waals surface area contributed by atoms with Gasteiger partial charge >= 0.3 is 6.09 Å². The fraction of sp³-hybridized carbons (Fsp3) is 0.654. The van der Waals surface area contributed by atoms with E-state index in [4.69, 9.17) is 14.2 Å². The van der Waals surface area contributed by atoms with Crippen molar-refractivity contribution in [1.29, 1.82) is 0 Å². The van der Waals surface area contributed by atoms with Crippen LogP contribution in [0.1, 0.15) is 106 Å². The van der Waals surface area contributed by atoms with E-state index in [-0.39, 0.29) is 60.8 Å². The minimum absolute atomic E-state index is 0.0201. The summed E-state index contributed by atoms with van der Waals surface area (Å²) in [6.45, 7) is 19.6. The number of likely N-dealkylation sites (tertiary alicyclic amines) is 1. The molecule has 0 bridgehead atoms. The molecule has 68 heavy (non-hydrogen) atoms. The van der Waals surface area contributed by atoms with Crippen LogP contribution in [0.15, 0.2) is 54.6 Å². The number of carbonyl (C=O) groups excluding carboxylic acids is 6. The lowest BCUT2D eigenvalue weighted by atomic mass is 9.89. The maximum atomic E-state index is 14.5. The number of hydrogen-bond donors (Lipinski definition) is 4. The van der Waals surface area contributed by atoms with Crippen LogP contribution in [0.25, 0.3) is 0 Å². The van der Waals surface area contributed by atoms with Crippen LogP contribution in [0.2, 0.25) is 0 Å². The molecule has 1 aliphatic rings. The van der Waals surface area contributed by atoms with Crippen molar-refractivity contribution < 1.29 is 43.0 Å². The molecule has 0 unspecified atom stereocenters. The van der Waals surface area contributed by atoms with Crippen LogP contribution in [0.3, 0.4) is 0 Å². The summed E-state index contributed by atoms with van der Waals surface area (Å²) in [4.78, 5) is 87.9. The third-order valence-corrected chi connectivity index (χ3v) is 12.9. The van der Waals surface area contributed by atoms with Crippen molar-refractivity contribution in [3.8, 4) is 0 Å². The van der Waals surface area contributed by atoms with Gasteiger partial charge in [-0.05, 0) is 88.7 Å². The van der Waals surface area contributed by atoms with Crippen LogP contribution in [-0.4, -0.2) is 140 Å². The predicted molar refractivity (Wildman–Crippen MR) is 265 cm³/mol.